The highest BCUT2D eigenvalue weighted by Crippen LogP contribution is 2.23. The average molecular weight is 295 g/mol. The first-order valence-electron chi connectivity index (χ1n) is 7.78. The molecule has 2 heterocycles. The summed E-state index contributed by atoms with van der Waals surface area (Å²) < 4.78 is 0. The molecule has 1 aromatic carbocycles. The predicted molar refractivity (Wildman–Crippen MR) is 85.9 cm³/mol. The summed E-state index contributed by atoms with van der Waals surface area (Å²) in [6.07, 6.45) is 7.28. The van der Waals surface area contributed by atoms with Crippen LogP contribution in [0.5, 0.6) is 0 Å². The van der Waals surface area contributed by atoms with Crippen LogP contribution in [0.3, 0.4) is 0 Å². The molecule has 0 N–H and O–H groups in total. The number of ketones is 1. The molecule has 2 aromatic rings. The van der Waals surface area contributed by atoms with Gasteiger partial charge in [0.15, 0.2) is 5.78 Å². The standard InChI is InChI=1S/C18H21N3O/c1-13(18-12-19-7-8-20-18)21-9-5-15-3-4-16(14(2)22)11-17(15)6-10-21/h3-4,7-8,11-13H,5-6,9-10H2,1-2H3/t13-/m0/s1. The first-order valence-corrected chi connectivity index (χ1v) is 7.78. The molecule has 1 aliphatic heterocycles. The number of nitrogens with zero attached hydrogens (tertiary/aromatic N) is 3. The number of fused-ring (bicyclic) bond motifs is 1. The maximum Gasteiger partial charge on any atom is 0.159 e. The molecule has 22 heavy (non-hydrogen) atoms. The first kappa shape index (κ1) is 14.9. The van der Waals surface area contributed by atoms with Crippen molar-refractivity contribution in [2.24, 2.45) is 0 Å². The van der Waals surface area contributed by atoms with Gasteiger partial charge in [-0.25, -0.2) is 0 Å². The van der Waals surface area contributed by atoms with Crippen molar-refractivity contribution in [2.75, 3.05) is 13.1 Å². The third kappa shape index (κ3) is 3.07. The summed E-state index contributed by atoms with van der Waals surface area (Å²) in [5.74, 6) is 0.136. The number of Topliss-reactive ketones (excluding diaryl/α,β-unsaturated/α-hetero) is 1. The molecule has 0 saturated carbocycles. The molecule has 1 aromatic heterocycles. The summed E-state index contributed by atoms with van der Waals surface area (Å²) in [4.78, 5) is 22.6. The second-order valence-electron chi connectivity index (χ2n) is 5.88. The van der Waals surface area contributed by atoms with E-state index in [4.69, 9.17) is 0 Å². The Kier molecular flexibility index (Phi) is 4.29. The Hall–Kier alpha value is -2.07. The Balaban J connectivity index is 1.77. The lowest BCUT2D eigenvalue weighted by atomic mass is 9.99. The van der Waals surface area contributed by atoms with Crippen molar-refractivity contribution in [1.82, 2.24) is 14.9 Å². The first-order chi connectivity index (χ1) is 10.6. The Morgan fingerprint density at radius 3 is 2.64 bits per heavy atom. The fourth-order valence-electron chi connectivity index (χ4n) is 3.06. The lowest BCUT2D eigenvalue weighted by Crippen LogP contribution is -2.30. The van der Waals surface area contributed by atoms with E-state index in [-0.39, 0.29) is 11.8 Å². The van der Waals surface area contributed by atoms with Crippen LogP contribution in [0, 0.1) is 0 Å². The van der Waals surface area contributed by atoms with Crippen molar-refractivity contribution in [3.05, 3.63) is 59.2 Å². The molecule has 0 aliphatic carbocycles. The molecular weight excluding hydrogens is 274 g/mol. The number of aromatic nitrogens is 2. The van der Waals surface area contributed by atoms with Crippen molar-refractivity contribution >= 4 is 5.78 Å². The van der Waals surface area contributed by atoms with Gasteiger partial charge in [-0.2, -0.15) is 0 Å². The topological polar surface area (TPSA) is 46.1 Å². The molecule has 1 aliphatic rings. The van der Waals surface area contributed by atoms with E-state index in [1.807, 2.05) is 12.3 Å². The van der Waals surface area contributed by atoms with Crippen molar-refractivity contribution in [3.8, 4) is 0 Å². The molecular formula is C18H21N3O. The summed E-state index contributed by atoms with van der Waals surface area (Å²) in [6.45, 7) is 5.79. The largest absolute Gasteiger partial charge is 0.295 e. The average Bonchev–Trinajstić information content (AvgIpc) is 2.77. The molecule has 0 amide bonds. The van der Waals surface area contributed by atoms with Crippen LogP contribution in [0.1, 0.15) is 47.1 Å². The minimum absolute atomic E-state index is 0.136. The van der Waals surface area contributed by atoms with Crippen molar-refractivity contribution in [3.63, 3.8) is 0 Å². The highest BCUT2D eigenvalue weighted by molar-refractivity contribution is 5.94. The van der Waals surface area contributed by atoms with Gasteiger partial charge in [-0.1, -0.05) is 12.1 Å². The fourth-order valence-corrected chi connectivity index (χ4v) is 3.06. The number of hydrogen-bond acceptors (Lipinski definition) is 4. The van der Waals surface area contributed by atoms with E-state index in [2.05, 4.69) is 33.9 Å². The monoisotopic (exact) mass is 295 g/mol. The van der Waals surface area contributed by atoms with E-state index in [1.165, 1.54) is 11.1 Å². The molecule has 3 rings (SSSR count). The smallest absolute Gasteiger partial charge is 0.159 e. The minimum atomic E-state index is 0.136. The normalized spacial score (nSPS) is 16.6. The van der Waals surface area contributed by atoms with Crippen molar-refractivity contribution in [1.29, 1.82) is 0 Å². The van der Waals surface area contributed by atoms with Crippen LogP contribution in [0.4, 0.5) is 0 Å². The molecule has 0 unspecified atom stereocenters. The summed E-state index contributed by atoms with van der Waals surface area (Å²) in [6, 6.07) is 6.38. The summed E-state index contributed by atoms with van der Waals surface area (Å²) in [7, 11) is 0. The highest BCUT2D eigenvalue weighted by Gasteiger charge is 2.21. The maximum absolute atomic E-state index is 11.5. The number of carbonyl (C=O) groups excluding carboxylic acids is 1. The van der Waals surface area contributed by atoms with Gasteiger partial charge in [0.25, 0.3) is 0 Å². The molecule has 1 atom stereocenters. The molecule has 0 radical (unpaired) electrons. The van der Waals surface area contributed by atoms with E-state index in [1.54, 1.807) is 19.3 Å². The predicted octanol–water partition coefficient (Wildman–Crippen LogP) is 2.84. The third-order valence-electron chi connectivity index (χ3n) is 4.51. The zero-order valence-electron chi connectivity index (χ0n) is 13.1. The van der Waals surface area contributed by atoms with Crippen LogP contribution < -0.4 is 0 Å². The Labute approximate surface area is 131 Å². The molecule has 114 valence electrons. The zero-order valence-corrected chi connectivity index (χ0v) is 13.1. The van der Waals surface area contributed by atoms with Gasteiger partial charge in [-0.05, 0) is 43.9 Å². The van der Waals surface area contributed by atoms with Gasteiger partial charge in [0.2, 0.25) is 0 Å². The molecule has 4 heteroatoms. The Morgan fingerprint density at radius 1 is 1.18 bits per heavy atom. The summed E-state index contributed by atoms with van der Waals surface area (Å²) in [5, 5.41) is 0. The van der Waals surface area contributed by atoms with Gasteiger partial charge >= 0.3 is 0 Å². The minimum Gasteiger partial charge on any atom is -0.295 e. The second kappa shape index (κ2) is 6.36. The van der Waals surface area contributed by atoms with Crippen LogP contribution >= 0.6 is 0 Å². The van der Waals surface area contributed by atoms with Crippen LogP contribution in [-0.4, -0.2) is 33.7 Å². The van der Waals surface area contributed by atoms with Crippen LogP contribution in [0.25, 0.3) is 0 Å². The molecule has 0 fully saturated rings. The third-order valence-corrected chi connectivity index (χ3v) is 4.51. The van der Waals surface area contributed by atoms with Crippen molar-refractivity contribution < 1.29 is 4.79 Å². The summed E-state index contributed by atoms with van der Waals surface area (Å²) in [5.41, 5.74) is 4.49. The quantitative estimate of drug-likeness (QED) is 0.817. The van der Waals surface area contributed by atoms with E-state index < -0.39 is 0 Å². The van der Waals surface area contributed by atoms with E-state index in [9.17, 15) is 4.79 Å². The van der Waals surface area contributed by atoms with Gasteiger partial charge in [-0.15, -0.1) is 0 Å². The number of carbonyl (C=O) groups is 1. The van der Waals surface area contributed by atoms with Gasteiger partial charge in [-0.3, -0.25) is 19.7 Å². The van der Waals surface area contributed by atoms with E-state index in [0.717, 1.165) is 37.2 Å². The number of benzene rings is 1. The molecule has 4 nitrogen and oxygen atoms in total. The molecule has 0 spiro atoms. The Bertz CT molecular complexity index is 669. The van der Waals surface area contributed by atoms with Crippen LogP contribution in [0.2, 0.25) is 0 Å². The van der Waals surface area contributed by atoms with Crippen molar-refractivity contribution in [2.45, 2.75) is 32.7 Å². The Morgan fingerprint density at radius 2 is 1.95 bits per heavy atom. The highest BCUT2D eigenvalue weighted by atomic mass is 16.1. The van der Waals surface area contributed by atoms with Crippen LogP contribution in [0.15, 0.2) is 36.8 Å². The molecule has 0 saturated heterocycles. The maximum atomic E-state index is 11.5. The number of hydrogen-bond donors (Lipinski definition) is 0. The molecule has 0 bridgehead atoms. The van der Waals surface area contributed by atoms with Gasteiger partial charge in [0, 0.05) is 37.2 Å². The van der Waals surface area contributed by atoms with E-state index >= 15 is 0 Å². The zero-order chi connectivity index (χ0) is 15.5. The lowest BCUT2D eigenvalue weighted by molar-refractivity contribution is 0.101. The fraction of sp³-hybridized carbons (Fsp3) is 0.389. The van der Waals surface area contributed by atoms with Gasteiger partial charge in [0.1, 0.15) is 0 Å². The van der Waals surface area contributed by atoms with Gasteiger partial charge < -0.3 is 0 Å². The number of rotatable bonds is 3. The SMILES string of the molecule is CC(=O)c1ccc2c(c1)CCN([C@@H](C)c1cnccn1)CC2. The van der Waals surface area contributed by atoms with Crippen LogP contribution in [-0.2, 0) is 12.8 Å². The summed E-state index contributed by atoms with van der Waals surface area (Å²) >= 11 is 0. The van der Waals surface area contributed by atoms with E-state index in [0.29, 0.717) is 0 Å². The van der Waals surface area contributed by atoms with Gasteiger partial charge in [0.05, 0.1) is 11.7 Å². The second-order valence-corrected chi connectivity index (χ2v) is 5.88. The lowest BCUT2D eigenvalue weighted by Gasteiger charge is -2.26.